The SMILES string of the molecule is Cc1cccc(C)c1-c1nc(-c2cccc([Si](c3ccccc3)(c3ccccc3)c3ccccc3)c2)nc(-c2ccc3c(c2)c2ccccc2n3-c2ccccc2)n1. The zero-order chi connectivity index (χ0) is 39.1. The zero-order valence-electron chi connectivity index (χ0n) is 32.4. The monoisotopic (exact) mass is 760 g/mol. The van der Waals surface area contributed by atoms with Crippen LogP contribution in [-0.2, 0) is 0 Å². The molecule has 0 aliphatic heterocycles. The normalized spacial score (nSPS) is 11.6. The van der Waals surface area contributed by atoms with Crippen LogP contribution in [0.5, 0.6) is 0 Å². The Morgan fingerprint density at radius 3 is 1.43 bits per heavy atom. The van der Waals surface area contributed by atoms with Crippen molar-refractivity contribution in [2.45, 2.75) is 13.8 Å². The van der Waals surface area contributed by atoms with Crippen molar-refractivity contribution in [2.24, 2.45) is 0 Å². The van der Waals surface area contributed by atoms with Gasteiger partial charge in [0, 0.05) is 33.2 Å². The van der Waals surface area contributed by atoms with E-state index in [2.05, 4.69) is 225 Å². The topological polar surface area (TPSA) is 43.6 Å². The van der Waals surface area contributed by atoms with Gasteiger partial charge in [-0.2, -0.15) is 0 Å². The van der Waals surface area contributed by atoms with Gasteiger partial charge in [0.25, 0.3) is 0 Å². The molecule has 0 spiro atoms. The van der Waals surface area contributed by atoms with Crippen molar-refractivity contribution in [2.75, 3.05) is 0 Å². The minimum atomic E-state index is -2.79. The lowest BCUT2D eigenvalue weighted by Crippen LogP contribution is -2.74. The lowest BCUT2D eigenvalue weighted by molar-refractivity contribution is 1.07. The third kappa shape index (κ3) is 5.95. The quantitative estimate of drug-likeness (QED) is 0.114. The van der Waals surface area contributed by atoms with Gasteiger partial charge in [-0.3, -0.25) is 0 Å². The van der Waals surface area contributed by atoms with Crippen molar-refractivity contribution in [3.63, 3.8) is 0 Å². The van der Waals surface area contributed by atoms with E-state index in [4.69, 9.17) is 15.0 Å². The van der Waals surface area contributed by atoms with Gasteiger partial charge in [0.2, 0.25) is 0 Å². The van der Waals surface area contributed by atoms with Crippen LogP contribution in [0, 0.1) is 13.8 Å². The Balaban J connectivity index is 1.21. The van der Waals surface area contributed by atoms with E-state index in [0.29, 0.717) is 17.5 Å². The number of hydrogen-bond donors (Lipinski definition) is 0. The number of aromatic nitrogens is 4. The summed E-state index contributed by atoms with van der Waals surface area (Å²) in [4.78, 5) is 15.9. The number of fused-ring (bicyclic) bond motifs is 3. The first-order valence-corrected chi connectivity index (χ1v) is 21.8. The summed E-state index contributed by atoms with van der Waals surface area (Å²) in [5.74, 6) is 1.96. The van der Waals surface area contributed by atoms with Gasteiger partial charge >= 0.3 is 0 Å². The molecule has 2 heterocycles. The van der Waals surface area contributed by atoms with Crippen molar-refractivity contribution in [3.05, 3.63) is 217 Å². The number of nitrogens with zero attached hydrogens (tertiary/aromatic N) is 4. The molecule has 0 bridgehead atoms. The third-order valence-electron chi connectivity index (χ3n) is 11.5. The highest BCUT2D eigenvalue weighted by Gasteiger charge is 2.41. The summed E-state index contributed by atoms with van der Waals surface area (Å²) in [5.41, 5.74) is 8.61. The summed E-state index contributed by atoms with van der Waals surface area (Å²) in [6.45, 7) is 4.27. The van der Waals surface area contributed by atoms with E-state index in [1.807, 2.05) is 0 Å². The maximum absolute atomic E-state index is 5.34. The molecule has 0 aliphatic rings. The molecule has 0 atom stereocenters. The highest BCUT2D eigenvalue weighted by Crippen LogP contribution is 2.35. The molecule has 0 amide bonds. The predicted octanol–water partition coefficient (Wildman–Crippen LogP) is 9.96. The van der Waals surface area contributed by atoms with E-state index in [9.17, 15) is 0 Å². The van der Waals surface area contributed by atoms with Crippen LogP contribution >= 0.6 is 0 Å². The van der Waals surface area contributed by atoms with Gasteiger partial charge in [-0.05, 0) is 82.1 Å². The molecule has 0 N–H and O–H groups in total. The number of hydrogen-bond acceptors (Lipinski definition) is 3. The van der Waals surface area contributed by atoms with E-state index < -0.39 is 8.07 Å². The average Bonchev–Trinajstić information content (AvgIpc) is 3.62. The summed E-state index contributed by atoms with van der Waals surface area (Å²) in [6, 6.07) is 74.2. The van der Waals surface area contributed by atoms with Crippen molar-refractivity contribution < 1.29 is 0 Å². The Kier molecular flexibility index (Phi) is 8.93. The highest BCUT2D eigenvalue weighted by molar-refractivity contribution is 7.19. The van der Waals surface area contributed by atoms with Crippen LogP contribution in [0.1, 0.15) is 11.1 Å². The second-order valence-corrected chi connectivity index (χ2v) is 18.7. The van der Waals surface area contributed by atoms with Crippen molar-refractivity contribution in [1.82, 2.24) is 19.5 Å². The van der Waals surface area contributed by atoms with Gasteiger partial charge < -0.3 is 4.57 Å². The number of aryl methyl sites for hydroxylation is 2. The van der Waals surface area contributed by atoms with Gasteiger partial charge in [0.05, 0.1) is 11.0 Å². The van der Waals surface area contributed by atoms with E-state index in [0.717, 1.165) is 49.9 Å². The van der Waals surface area contributed by atoms with E-state index in [1.54, 1.807) is 0 Å². The summed E-state index contributed by atoms with van der Waals surface area (Å²) < 4.78 is 2.34. The molecule has 0 fully saturated rings. The molecule has 5 heteroatoms. The van der Waals surface area contributed by atoms with Crippen LogP contribution < -0.4 is 20.7 Å². The molecule has 8 aromatic carbocycles. The molecule has 276 valence electrons. The van der Waals surface area contributed by atoms with Crippen LogP contribution in [0.25, 0.3) is 61.7 Å². The van der Waals surface area contributed by atoms with E-state index in [-0.39, 0.29) is 0 Å². The molecule has 0 unspecified atom stereocenters. The Bertz CT molecular complexity index is 2950. The molecular formula is C53H40N4Si. The van der Waals surface area contributed by atoms with Gasteiger partial charge in [0.1, 0.15) is 0 Å². The Labute approximate surface area is 339 Å². The van der Waals surface area contributed by atoms with Crippen LogP contribution in [0.4, 0.5) is 0 Å². The molecule has 0 saturated carbocycles. The van der Waals surface area contributed by atoms with Gasteiger partial charge in [-0.15, -0.1) is 0 Å². The average molecular weight is 761 g/mol. The fourth-order valence-corrected chi connectivity index (χ4v) is 13.6. The minimum absolute atomic E-state index is 0.643. The Morgan fingerprint density at radius 1 is 0.362 bits per heavy atom. The fraction of sp³-hybridized carbons (Fsp3) is 0.0377. The van der Waals surface area contributed by atoms with Crippen molar-refractivity contribution in [3.8, 4) is 39.9 Å². The lowest BCUT2D eigenvalue weighted by Gasteiger charge is -2.34. The summed E-state index contributed by atoms with van der Waals surface area (Å²) in [6.07, 6.45) is 0. The first kappa shape index (κ1) is 35.2. The molecule has 0 aliphatic carbocycles. The van der Waals surface area contributed by atoms with E-state index in [1.165, 1.54) is 26.1 Å². The second kappa shape index (κ2) is 14.7. The number of para-hydroxylation sites is 2. The van der Waals surface area contributed by atoms with Crippen molar-refractivity contribution in [1.29, 1.82) is 0 Å². The number of rotatable bonds is 8. The van der Waals surface area contributed by atoms with Crippen LogP contribution in [0.15, 0.2) is 206 Å². The molecule has 0 radical (unpaired) electrons. The van der Waals surface area contributed by atoms with Crippen LogP contribution in [0.2, 0.25) is 0 Å². The largest absolute Gasteiger partial charge is 0.309 e. The zero-order valence-corrected chi connectivity index (χ0v) is 33.4. The van der Waals surface area contributed by atoms with Crippen LogP contribution in [0.3, 0.4) is 0 Å². The predicted molar refractivity (Wildman–Crippen MR) is 244 cm³/mol. The molecule has 2 aromatic heterocycles. The first-order valence-electron chi connectivity index (χ1n) is 19.8. The molecule has 58 heavy (non-hydrogen) atoms. The molecule has 10 rings (SSSR count). The van der Waals surface area contributed by atoms with Crippen molar-refractivity contribution >= 4 is 50.6 Å². The third-order valence-corrected chi connectivity index (χ3v) is 16.2. The minimum Gasteiger partial charge on any atom is -0.309 e. The number of benzene rings is 8. The smallest absolute Gasteiger partial charge is 0.179 e. The standard InChI is InChI=1S/C53H40N4Si/c1-37-19-17-20-38(2)50(37)53-55-51(54-52(56-53)40-33-34-49-47(36-40)46-31-15-16-32-48(46)57(49)41-22-7-3-8-23-41)39-21-18-30-45(35-39)58(42-24-9-4-10-25-42,43-26-11-5-12-27-43)44-28-13-6-14-29-44/h3-36H,1-2H3. The molecule has 0 saturated heterocycles. The summed E-state index contributed by atoms with van der Waals surface area (Å²) >= 11 is 0. The Morgan fingerprint density at radius 2 is 0.828 bits per heavy atom. The maximum Gasteiger partial charge on any atom is 0.179 e. The molecule has 10 aromatic rings. The van der Waals surface area contributed by atoms with Gasteiger partial charge in [0.15, 0.2) is 25.5 Å². The Hall–Kier alpha value is -7.21. The van der Waals surface area contributed by atoms with Crippen LogP contribution in [-0.4, -0.2) is 27.6 Å². The highest BCUT2D eigenvalue weighted by atomic mass is 28.3. The molecular weight excluding hydrogens is 721 g/mol. The molecule has 4 nitrogen and oxygen atoms in total. The summed E-state index contributed by atoms with van der Waals surface area (Å²) in [7, 11) is -2.79. The van der Waals surface area contributed by atoms with E-state index >= 15 is 0 Å². The lowest BCUT2D eigenvalue weighted by atomic mass is 10.0. The second-order valence-electron chi connectivity index (χ2n) is 14.9. The van der Waals surface area contributed by atoms with Gasteiger partial charge in [-0.1, -0.05) is 170 Å². The maximum atomic E-state index is 5.34. The summed E-state index contributed by atoms with van der Waals surface area (Å²) in [5, 5.41) is 7.56. The first-order chi connectivity index (χ1) is 28.6. The van der Waals surface area contributed by atoms with Gasteiger partial charge in [-0.25, -0.2) is 15.0 Å². The fourth-order valence-electron chi connectivity index (χ4n) is 8.84.